The molecule has 1 heterocycles. The van der Waals surface area contributed by atoms with Crippen LogP contribution in [-0.2, 0) is 6.54 Å². The van der Waals surface area contributed by atoms with Crippen LogP contribution in [0.15, 0.2) is 48.7 Å². The van der Waals surface area contributed by atoms with Crippen LogP contribution in [-0.4, -0.2) is 23.6 Å². The van der Waals surface area contributed by atoms with Gasteiger partial charge < -0.3 is 10.2 Å². The zero-order chi connectivity index (χ0) is 16.7. The lowest BCUT2D eigenvalue weighted by molar-refractivity contribution is 0.250. The van der Waals surface area contributed by atoms with Gasteiger partial charge in [0.2, 0.25) is 0 Å². The first kappa shape index (κ1) is 16.8. The summed E-state index contributed by atoms with van der Waals surface area (Å²) in [5.74, 6) is 0.544. The van der Waals surface area contributed by atoms with Gasteiger partial charge in [-0.25, -0.2) is 9.78 Å². The first-order valence-electron chi connectivity index (χ1n) is 7.91. The van der Waals surface area contributed by atoms with E-state index in [0.717, 1.165) is 18.8 Å². The van der Waals surface area contributed by atoms with Crippen LogP contribution < -0.4 is 15.5 Å². The summed E-state index contributed by atoms with van der Waals surface area (Å²) < 4.78 is 0. The van der Waals surface area contributed by atoms with Gasteiger partial charge in [0.25, 0.3) is 0 Å². The second kappa shape index (κ2) is 8.17. The molecule has 0 fully saturated rings. The Morgan fingerprint density at radius 2 is 1.91 bits per heavy atom. The van der Waals surface area contributed by atoms with E-state index in [2.05, 4.69) is 39.6 Å². The number of anilines is 2. The molecule has 0 unspecified atom stereocenters. The Morgan fingerprint density at radius 1 is 1.17 bits per heavy atom. The van der Waals surface area contributed by atoms with Crippen molar-refractivity contribution in [2.24, 2.45) is 0 Å². The van der Waals surface area contributed by atoms with Crippen molar-refractivity contribution in [1.82, 2.24) is 10.3 Å². The van der Waals surface area contributed by atoms with Crippen molar-refractivity contribution in [3.05, 3.63) is 54.2 Å². The van der Waals surface area contributed by atoms with Crippen molar-refractivity contribution >= 4 is 17.5 Å². The number of aromatic nitrogens is 1. The molecule has 2 aromatic rings. The summed E-state index contributed by atoms with van der Waals surface area (Å²) in [6.45, 7) is 7.67. The quantitative estimate of drug-likeness (QED) is 0.856. The second-order valence-corrected chi connectivity index (χ2v) is 5.65. The van der Waals surface area contributed by atoms with Gasteiger partial charge in [0.15, 0.2) is 0 Å². The van der Waals surface area contributed by atoms with Gasteiger partial charge in [-0.3, -0.25) is 5.32 Å². The molecule has 0 aliphatic rings. The standard InChI is InChI=1S/C18H24N4O/c1-4-22(13-15-8-6-5-7-9-15)16-10-11-17(19-12-16)21-18(23)20-14(2)3/h5-12,14H,4,13H2,1-3H3,(H2,19,20,21,23). The van der Waals surface area contributed by atoms with E-state index in [-0.39, 0.29) is 12.1 Å². The SMILES string of the molecule is CCN(Cc1ccccc1)c1ccc(NC(=O)NC(C)C)nc1. The minimum absolute atomic E-state index is 0.0933. The van der Waals surface area contributed by atoms with Gasteiger partial charge in [0.05, 0.1) is 11.9 Å². The van der Waals surface area contributed by atoms with Crippen LogP contribution in [0.5, 0.6) is 0 Å². The Bertz CT molecular complexity index is 611. The number of pyridine rings is 1. The molecule has 0 saturated carbocycles. The highest BCUT2D eigenvalue weighted by molar-refractivity contribution is 5.88. The Labute approximate surface area is 137 Å². The molecule has 1 aromatic carbocycles. The van der Waals surface area contributed by atoms with E-state index >= 15 is 0 Å². The van der Waals surface area contributed by atoms with Crippen LogP contribution in [0.1, 0.15) is 26.3 Å². The zero-order valence-electron chi connectivity index (χ0n) is 13.9. The lowest BCUT2D eigenvalue weighted by Gasteiger charge is -2.23. The van der Waals surface area contributed by atoms with Crippen molar-refractivity contribution in [3.8, 4) is 0 Å². The summed E-state index contributed by atoms with van der Waals surface area (Å²) in [5, 5.41) is 5.50. The predicted octanol–water partition coefficient (Wildman–Crippen LogP) is 3.64. The first-order valence-corrected chi connectivity index (χ1v) is 7.91. The largest absolute Gasteiger partial charge is 0.366 e. The average Bonchev–Trinajstić information content (AvgIpc) is 2.53. The fraction of sp³-hybridized carbons (Fsp3) is 0.333. The number of nitrogens with zero attached hydrogens (tertiary/aromatic N) is 2. The molecule has 0 aliphatic heterocycles. The number of benzene rings is 1. The zero-order valence-corrected chi connectivity index (χ0v) is 13.9. The third-order valence-corrected chi connectivity index (χ3v) is 3.37. The Hall–Kier alpha value is -2.56. The van der Waals surface area contributed by atoms with Gasteiger partial charge in [0.1, 0.15) is 5.82 Å². The van der Waals surface area contributed by atoms with Crippen molar-refractivity contribution in [3.63, 3.8) is 0 Å². The molecule has 0 spiro atoms. The highest BCUT2D eigenvalue weighted by Gasteiger charge is 2.08. The van der Waals surface area contributed by atoms with Crippen LogP contribution in [0.3, 0.4) is 0 Å². The number of hydrogen-bond donors (Lipinski definition) is 2. The minimum atomic E-state index is -0.239. The number of hydrogen-bond acceptors (Lipinski definition) is 3. The number of urea groups is 1. The molecule has 0 bridgehead atoms. The maximum absolute atomic E-state index is 11.7. The normalized spacial score (nSPS) is 10.4. The molecule has 5 nitrogen and oxygen atoms in total. The van der Waals surface area contributed by atoms with E-state index in [0.29, 0.717) is 5.82 Å². The lowest BCUT2D eigenvalue weighted by atomic mass is 10.2. The van der Waals surface area contributed by atoms with Gasteiger partial charge in [-0.2, -0.15) is 0 Å². The molecule has 0 atom stereocenters. The molecule has 0 aliphatic carbocycles. The summed E-state index contributed by atoms with van der Waals surface area (Å²) >= 11 is 0. The number of carbonyl (C=O) groups excluding carboxylic acids is 1. The fourth-order valence-electron chi connectivity index (χ4n) is 2.25. The van der Waals surface area contributed by atoms with E-state index in [9.17, 15) is 4.79 Å². The lowest BCUT2D eigenvalue weighted by Crippen LogP contribution is -2.34. The van der Waals surface area contributed by atoms with Crippen molar-refractivity contribution in [1.29, 1.82) is 0 Å². The molecule has 0 saturated heterocycles. The molecule has 1 aromatic heterocycles. The summed E-state index contributed by atoms with van der Waals surface area (Å²) in [7, 11) is 0. The van der Waals surface area contributed by atoms with E-state index < -0.39 is 0 Å². The molecule has 2 amide bonds. The van der Waals surface area contributed by atoms with Crippen molar-refractivity contribution < 1.29 is 4.79 Å². The van der Waals surface area contributed by atoms with E-state index in [1.807, 2.05) is 44.2 Å². The number of rotatable bonds is 6. The van der Waals surface area contributed by atoms with Crippen molar-refractivity contribution in [2.45, 2.75) is 33.4 Å². The number of nitrogens with one attached hydrogen (secondary N) is 2. The molecule has 5 heteroatoms. The molecule has 2 rings (SSSR count). The van der Waals surface area contributed by atoms with Crippen LogP contribution in [0.25, 0.3) is 0 Å². The van der Waals surface area contributed by atoms with Crippen molar-refractivity contribution in [2.75, 3.05) is 16.8 Å². The molecular weight excluding hydrogens is 288 g/mol. The summed E-state index contributed by atoms with van der Waals surface area (Å²) in [5.41, 5.74) is 2.29. The maximum Gasteiger partial charge on any atom is 0.320 e. The highest BCUT2D eigenvalue weighted by atomic mass is 16.2. The second-order valence-electron chi connectivity index (χ2n) is 5.65. The monoisotopic (exact) mass is 312 g/mol. The molecular formula is C18H24N4O. The third-order valence-electron chi connectivity index (χ3n) is 3.37. The predicted molar refractivity (Wildman–Crippen MR) is 94.7 cm³/mol. The van der Waals surface area contributed by atoms with Gasteiger partial charge in [-0.05, 0) is 38.5 Å². The molecule has 23 heavy (non-hydrogen) atoms. The third kappa shape index (κ3) is 5.29. The Balaban J connectivity index is 2.01. The van der Waals surface area contributed by atoms with Gasteiger partial charge in [-0.15, -0.1) is 0 Å². The highest BCUT2D eigenvalue weighted by Crippen LogP contribution is 2.17. The first-order chi connectivity index (χ1) is 11.1. The topological polar surface area (TPSA) is 57.3 Å². The van der Waals surface area contributed by atoms with Crippen LogP contribution in [0.2, 0.25) is 0 Å². The summed E-state index contributed by atoms with van der Waals surface area (Å²) in [6.07, 6.45) is 1.79. The van der Waals surface area contributed by atoms with Crippen LogP contribution in [0.4, 0.5) is 16.3 Å². The van der Waals surface area contributed by atoms with E-state index in [1.165, 1.54) is 5.56 Å². The molecule has 2 N–H and O–H groups in total. The maximum atomic E-state index is 11.7. The van der Waals surface area contributed by atoms with Gasteiger partial charge in [0, 0.05) is 19.1 Å². The summed E-state index contributed by atoms with van der Waals surface area (Å²) in [4.78, 5) is 18.2. The van der Waals surface area contributed by atoms with Gasteiger partial charge in [-0.1, -0.05) is 30.3 Å². The Morgan fingerprint density at radius 3 is 2.48 bits per heavy atom. The summed E-state index contributed by atoms with van der Waals surface area (Å²) in [6, 6.07) is 14.0. The number of carbonyl (C=O) groups is 1. The minimum Gasteiger partial charge on any atom is -0.366 e. The Kier molecular flexibility index (Phi) is 5.97. The molecule has 0 radical (unpaired) electrons. The molecule has 122 valence electrons. The smallest absolute Gasteiger partial charge is 0.320 e. The van der Waals surface area contributed by atoms with Gasteiger partial charge >= 0.3 is 6.03 Å². The fourth-order valence-corrected chi connectivity index (χ4v) is 2.25. The van der Waals surface area contributed by atoms with E-state index in [4.69, 9.17) is 0 Å². The van der Waals surface area contributed by atoms with E-state index in [1.54, 1.807) is 6.20 Å². The number of amides is 2. The average molecular weight is 312 g/mol. The van der Waals surface area contributed by atoms with Crippen LogP contribution in [0, 0.1) is 0 Å². The van der Waals surface area contributed by atoms with Crippen LogP contribution >= 0.6 is 0 Å².